The van der Waals surface area contributed by atoms with E-state index in [2.05, 4.69) is 20.6 Å². The Balaban J connectivity index is 0.00000304. The largest absolute Gasteiger partial charge is 0.508 e. The number of fused-ring (bicyclic) bond motifs is 2. The van der Waals surface area contributed by atoms with E-state index in [0.717, 1.165) is 23.9 Å². The number of carboxylic acids is 1. The normalized spacial score (nSPS) is 13.6. The molecule has 1 aliphatic rings. The van der Waals surface area contributed by atoms with Gasteiger partial charge in [-0.2, -0.15) is 4.98 Å². The second-order valence-electron chi connectivity index (χ2n) is 8.34. The number of aliphatic carboxylic acids is 1. The van der Waals surface area contributed by atoms with E-state index >= 15 is 4.39 Å². The second kappa shape index (κ2) is 10.7. The standard InChI is InChI=1S/C25H23ClFN5O3.ClH/c26-19-13-18-23(22(27)21(19)17-12-15(33)11-14-3-1-2-4-16(14)17)30-25(29-6-5-20(34)35)31-24(18)32-9-7-28-8-10-32;/h1-4,11-13,28,33H,5-10H2,(H,34,35)(H,29,30,31);1H. The number of rotatable bonds is 6. The highest BCUT2D eigenvalue weighted by molar-refractivity contribution is 6.35. The molecule has 0 bridgehead atoms. The summed E-state index contributed by atoms with van der Waals surface area (Å²) in [6.45, 7) is 2.92. The Morgan fingerprint density at radius 3 is 2.64 bits per heavy atom. The van der Waals surface area contributed by atoms with Crippen molar-refractivity contribution in [2.45, 2.75) is 6.42 Å². The number of aromatic nitrogens is 2. The Hall–Kier alpha value is -3.40. The molecule has 1 saturated heterocycles. The SMILES string of the molecule is Cl.O=C(O)CCNc1nc(N2CCNCC2)c2cc(Cl)c(-c3cc(O)cc4ccccc34)c(F)c2n1. The smallest absolute Gasteiger partial charge is 0.305 e. The van der Waals surface area contributed by atoms with Crippen LogP contribution in [-0.2, 0) is 4.79 Å². The summed E-state index contributed by atoms with van der Waals surface area (Å²) in [4.78, 5) is 22.0. The van der Waals surface area contributed by atoms with Crippen LogP contribution in [-0.4, -0.2) is 58.9 Å². The summed E-state index contributed by atoms with van der Waals surface area (Å²) in [5.74, 6) is -0.933. The molecule has 36 heavy (non-hydrogen) atoms. The van der Waals surface area contributed by atoms with E-state index in [0.29, 0.717) is 29.9 Å². The third-order valence-electron chi connectivity index (χ3n) is 6.02. The maximum Gasteiger partial charge on any atom is 0.305 e. The maximum atomic E-state index is 16.2. The lowest BCUT2D eigenvalue weighted by Crippen LogP contribution is -2.44. The minimum Gasteiger partial charge on any atom is -0.508 e. The van der Waals surface area contributed by atoms with E-state index < -0.39 is 11.8 Å². The molecule has 0 aliphatic carbocycles. The van der Waals surface area contributed by atoms with Gasteiger partial charge >= 0.3 is 5.97 Å². The molecule has 8 nitrogen and oxygen atoms in total. The number of nitrogens with zero attached hydrogens (tertiary/aromatic N) is 3. The first-order valence-electron chi connectivity index (χ1n) is 11.3. The van der Waals surface area contributed by atoms with Gasteiger partial charge in [-0.15, -0.1) is 12.4 Å². The van der Waals surface area contributed by atoms with Crippen molar-refractivity contribution in [3.8, 4) is 16.9 Å². The van der Waals surface area contributed by atoms with Crippen LogP contribution in [0.25, 0.3) is 32.8 Å². The monoisotopic (exact) mass is 531 g/mol. The summed E-state index contributed by atoms with van der Waals surface area (Å²) >= 11 is 6.68. The van der Waals surface area contributed by atoms with Gasteiger partial charge < -0.3 is 25.7 Å². The molecule has 0 radical (unpaired) electrons. The highest BCUT2D eigenvalue weighted by atomic mass is 35.5. The van der Waals surface area contributed by atoms with Gasteiger partial charge in [0.05, 0.1) is 11.4 Å². The Labute approximate surface area is 217 Å². The second-order valence-corrected chi connectivity index (χ2v) is 8.74. The average Bonchev–Trinajstić information content (AvgIpc) is 2.84. The Morgan fingerprint density at radius 2 is 1.89 bits per heavy atom. The Kier molecular flexibility index (Phi) is 7.63. The Morgan fingerprint density at radius 1 is 1.14 bits per heavy atom. The molecule has 4 aromatic rings. The van der Waals surface area contributed by atoms with Gasteiger partial charge in [0.25, 0.3) is 0 Å². The summed E-state index contributed by atoms with van der Waals surface area (Å²) in [5, 5.41) is 27.6. The molecular weight excluding hydrogens is 508 g/mol. The lowest BCUT2D eigenvalue weighted by atomic mass is 9.96. The van der Waals surface area contributed by atoms with Gasteiger partial charge in [0.1, 0.15) is 17.1 Å². The predicted octanol–water partition coefficient (Wildman–Crippen LogP) is 4.67. The summed E-state index contributed by atoms with van der Waals surface area (Å²) in [6.07, 6.45) is -0.131. The number of phenolic OH excluding ortho intramolecular Hbond substituents is 1. The van der Waals surface area contributed by atoms with Gasteiger partial charge in [0.15, 0.2) is 5.82 Å². The number of aromatic hydroxyl groups is 1. The van der Waals surface area contributed by atoms with Crippen LogP contribution in [0.3, 0.4) is 0 Å². The molecule has 4 N–H and O–H groups in total. The fourth-order valence-corrected chi connectivity index (χ4v) is 4.70. The van der Waals surface area contributed by atoms with Gasteiger partial charge in [0, 0.05) is 43.7 Å². The fraction of sp³-hybridized carbons (Fsp3) is 0.240. The molecule has 0 unspecified atom stereocenters. The van der Waals surface area contributed by atoms with Crippen LogP contribution in [0, 0.1) is 5.82 Å². The van der Waals surface area contributed by atoms with Gasteiger partial charge in [-0.1, -0.05) is 35.9 Å². The summed E-state index contributed by atoms with van der Waals surface area (Å²) in [5.41, 5.74) is 0.651. The fourth-order valence-electron chi connectivity index (χ4n) is 4.41. The van der Waals surface area contributed by atoms with Crippen LogP contribution in [0.15, 0.2) is 42.5 Å². The maximum absolute atomic E-state index is 16.2. The third kappa shape index (κ3) is 4.95. The molecule has 1 fully saturated rings. The number of phenols is 1. The number of hydrogen-bond acceptors (Lipinski definition) is 7. The highest BCUT2D eigenvalue weighted by Crippen LogP contribution is 2.42. The number of hydrogen-bond donors (Lipinski definition) is 4. The van der Waals surface area contributed by atoms with Crippen LogP contribution < -0.4 is 15.5 Å². The summed E-state index contributed by atoms with van der Waals surface area (Å²) in [6, 6.07) is 12.1. The number of carboxylic acid groups (broad SMARTS) is 1. The van der Waals surface area contributed by atoms with Crippen molar-refractivity contribution in [2.24, 2.45) is 0 Å². The quantitative estimate of drug-likeness (QED) is 0.284. The molecule has 1 aliphatic heterocycles. The first-order valence-corrected chi connectivity index (χ1v) is 11.6. The number of benzene rings is 3. The lowest BCUT2D eigenvalue weighted by Gasteiger charge is -2.29. The topological polar surface area (TPSA) is 111 Å². The lowest BCUT2D eigenvalue weighted by molar-refractivity contribution is -0.136. The number of halogens is 3. The number of anilines is 2. The molecule has 0 amide bonds. The van der Waals surface area contributed by atoms with Gasteiger partial charge in [-0.3, -0.25) is 4.79 Å². The van der Waals surface area contributed by atoms with Crippen LogP contribution in [0.1, 0.15) is 6.42 Å². The van der Waals surface area contributed by atoms with Crippen molar-refractivity contribution in [3.05, 3.63) is 53.3 Å². The highest BCUT2D eigenvalue weighted by Gasteiger charge is 2.24. The van der Waals surface area contributed by atoms with Gasteiger partial charge in [0.2, 0.25) is 5.95 Å². The number of carbonyl (C=O) groups is 1. The zero-order valence-electron chi connectivity index (χ0n) is 19.1. The van der Waals surface area contributed by atoms with Crippen molar-refractivity contribution >= 4 is 63.4 Å². The molecule has 188 valence electrons. The number of piperazine rings is 1. The van der Waals surface area contributed by atoms with E-state index in [4.69, 9.17) is 16.7 Å². The first kappa shape index (κ1) is 25.7. The van der Waals surface area contributed by atoms with Gasteiger partial charge in [-0.05, 0) is 34.5 Å². The van der Waals surface area contributed by atoms with Crippen molar-refractivity contribution in [1.82, 2.24) is 15.3 Å². The van der Waals surface area contributed by atoms with E-state index in [9.17, 15) is 9.90 Å². The molecule has 0 saturated carbocycles. The minimum atomic E-state index is -0.961. The molecule has 5 rings (SSSR count). The average molecular weight is 532 g/mol. The van der Waals surface area contributed by atoms with E-state index in [-0.39, 0.29) is 53.2 Å². The van der Waals surface area contributed by atoms with Crippen LogP contribution in [0.4, 0.5) is 16.2 Å². The zero-order valence-corrected chi connectivity index (χ0v) is 20.7. The van der Waals surface area contributed by atoms with Crippen LogP contribution in [0.2, 0.25) is 5.02 Å². The van der Waals surface area contributed by atoms with E-state index in [1.54, 1.807) is 12.1 Å². The third-order valence-corrected chi connectivity index (χ3v) is 6.32. The molecule has 1 aromatic heterocycles. The van der Waals surface area contributed by atoms with Crippen molar-refractivity contribution in [3.63, 3.8) is 0 Å². The molecular formula is C25H24Cl2FN5O3. The molecule has 2 heterocycles. The Bertz CT molecular complexity index is 1450. The first-order chi connectivity index (χ1) is 16.9. The predicted molar refractivity (Wildman–Crippen MR) is 142 cm³/mol. The van der Waals surface area contributed by atoms with E-state index in [1.807, 2.05) is 29.2 Å². The van der Waals surface area contributed by atoms with Crippen molar-refractivity contribution in [1.29, 1.82) is 0 Å². The summed E-state index contributed by atoms with van der Waals surface area (Å²) in [7, 11) is 0. The number of nitrogens with one attached hydrogen (secondary N) is 2. The molecule has 11 heteroatoms. The molecule has 0 atom stereocenters. The molecule has 3 aromatic carbocycles. The van der Waals surface area contributed by atoms with E-state index in [1.165, 1.54) is 6.07 Å². The van der Waals surface area contributed by atoms with Crippen LogP contribution >= 0.6 is 24.0 Å². The van der Waals surface area contributed by atoms with Crippen molar-refractivity contribution < 1.29 is 19.4 Å². The zero-order chi connectivity index (χ0) is 24.5. The summed E-state index contributed by atoms with van der Waals surface area (Å²) < 4.78 is 16.2. The van der Waals surface area contributed by atoms with Crippen LogP contribution in [0.5, 0.6) is 5.75 Å². The van der Waals surface area contributed by atoms with Gasteiger partial charge in [-0.25, -0.2) is 9.37 Å². The van der Waals surface area contributed by atoms with Crippen molar-refractivity contribution in [2.75, 3.05) is 42.9 Å². The minimum absolute atomic E-state index is 0. The molecule has 0 spiro atoms.